The minimum absolute atomic E-state index is 0.141. The van der Waals surface area contributed by atoms with Gasteiger partial charge in [-0.2, -0.15) is 0 Å². The first-order valence-corrected chi connectivity index (χ1v) is 7.57. The van der Waals surface area contributed by atoms with Crippen molar-refractivity contribution in [3.05, 3.63) is 33.1 Å². The van der Waals surface area contributed by atoms with Crippen LogP contribution in [0.15, 0.2) is 18.2 Å². The van der Waals surface area contributed by atoms with Crippen LogP contribution in [0.25, 0.3) is 0 Å². The third kappa shape index (κ3) is 4.39. The molecule has 0 amide bonds. The zero-order chi connectivity index (χ0) is 13.2. The van der Waals surface area contributed by atoms with E-state index in [9.17, 15) is 8.94 Å². The summed E-state index contributed by atoms with van der Waals surface area (Å²) >= 11 is 0.996. The number of hydrogen-bond acceptors (Lipinski definition) is 2. The van der Waals surface area contributed by atoms with Gasteiger partial charge in [0.1, 0.15) is 10.6 Å². The Balaban J connectivity index is 2.83. The summed E-state index contributed by atoms with van der Waals surface area (Å²) in [5.74, 6) is -0.268. The normalized spacial score (nSPS) is 15.7. The maximum Gasteiger partial charge on any atom is 0.136 e. The van der Waals surface area contributed by atoms with E-state index in [0.29, 0.717) is 0 Å². The molecule has 0 aromatic heterocycles. The predicted octanol–water partition coefficient (Wildman–Crippen LogP) is 3.54. The lowest BCUT2D eigenvalue weighted by Crippen LogP contribution is -2.40. The molecule has 0 aliphatic heterocycles. The van der Waals surface area contributed by atoms with E-state index in [1.165, 1.54) is 12.1 Å². The molecule has 96 valence electrons. The summed E-state index contributed by atoms with van der Waals surface area (Å²) in [6.07, 6.45) is 0. The van der Waals surface area contributed by atoms with Gasteiger partial charge in [0.05, 0.1) is 6.04 Å². The van der Waals surface area contributed by atoms with Gasteiger partial charge in [-0.05, 0) is 74.0 Å². The van der Waals surface area contributed by atoms with Gasteiger partial charge in [-0.1, -0.05) is 0 Å². The molecular weight excluding hydrogens is 352 g/mol. The molecule has 0 saturated heterocycles. The highest BCUT2D eigenvalue weighted by Gasteiger charge is 2.28. The zero-order valence-corrected chi connectivity index (χ0v) is 13.4. The number of benzene rings is 1. The van der Waals surface area contributed by atoms with E-state index in [2.05, 4.69) is 27.3 Å². The Morgan fingerprint density at radius 2 is 2.00 bits per heavy atom. The zero-order valence-electron chi connectivity index (χ0n) is 10.4. The standard InChI is InChI=1S/C12H17FINOS/c1-8(15-17(16)12(2,3)4)10-7-9(13)5-6-11(10)14/h5-8,15H,1-4H3/t8-,17-/m1/s1. The lowest BCUT2D eigenvalue weighted by molar-refractivity contribution is 0.530. The second-order valence-corrected chi connectivity index (χ2v) is 8.05. The van der Waals surface area contributed by atoms with Gasteiger partial charge in [0.15, 0.2) is 0 Å². The van der Waals surface area contributed by atoms with E-state index in [1.54, 1.807) is 6.07 Å². The maximum absolute atomic E-state index is 13.2. The van der Waals surface area contributed by atoms with Crippen LogP contribution in [0.5, 0.6) is 0 Å². The lowest BCUT2D eigenvalue weighted by atomic mass is 10.1. The molecule has 0 heterocycles. The van der Waals surface area contributed by atoms with Crippen LogP contribution in [-0.4, -0.2) is 9.30 Å². The lowest BCUT2D eigenvalue weighted by Gasteiger charge is -2.26. The highest BCUT2D eigenvalue weighted by molar-refractivity contribution is 14.1. The van der Waals surface area contributed by atoms with Gasteiger partial charge in [0.2, 0.25) is 0 Å². The van der Waals surface area contributed by atoms with Crippen molar-refractivity contribution in [2.45, 2.75) is 38.5 Å². The van der Waals surface area contributed by atoms with Crippen LogP contribution >= 0.6 is 22.6 Å². The van der Waals surface area contributed by atoms with E-state index in [1.807, 2.05) is 27.7 Å². The Labute approximate surface area is 119 Å². The average molecular weight is 369 g/mol. The fourth-order valence-electron chi connectivity index (χ4n) is 1.25. The van der Waals surface area contributed by atoms with Crippen LogP contribution in [0.1, 0.15) is 39.3 Å². The summed E-state index contributed by atoms with van der Waals surface area (Å²) in [5.41, 5.74) is 0.836. The van der Waals surface area contributed by atoms with Gasteiger partial charge in [0, 0.05) is 14.9 Å². The molecule has 1 aromatic rings. The van der Waals surface area contributed by atoms with Crippen molar-refractivity contribution in [1.29, 1.82) is 0 Å². The topological polar surface area (TPSA) is 35.1 Å². The Hall–Kier alpha value is 0.150. The fourth-order valence-corrected chi connectivity index (χ4v) is 2.85. The molecule has 0 fully saturated rings. The summed E-state index contributed by atoms with van der Waals surface area (Å²) in [5, 5.41) is 0. The molecule has 0 unspecified atom stereocenters. The summed E-state index contributed by atoms with van der Waals surface area (Å²) in [7, 11) is 0. The monoisotopic (exact) mass is 369 g/mol. The van der Waals surface area contributed by atoms with Gasteiger partial charge in [-0.25, -0.2) is 4.39 Å². The SMILES string of the molecule is C[C@@H](N[S@+]([O-])C(C)(C)C)c1cc(F)ccc1I. The molecule has 2 atom stereocenters. The third-order valence-corrected chi connectivity index (χ3v) is 4.93. The highest BCUT2D eigenvalue weighted by Crippen LogP contribution is 2.24. The van der Waals surface area contributed by atoms with Gasteiger partial charge in [0.25, 0.3) is 0 Å². The molecule has 0 aliphatic rings. The Kier molecular flexibility index (Phi) is 5.24. The van der Waals surface area contributed by atoms with Crippen LogP contribution < -0.4 is 4.72 Å². The van der Waals surface area contributed by atoms with Crippen molar-refractivity contribution in [1.82, 2.24) is 4.72 Å². The first-order valence-electron chi connectivity index (χ1n) is 5.35. The summed E-state index contributed by atoms with van der Waals surface area (Å²) in [6, 6.07) is 4.50. The van der Waals surface area contributed by atoms with E-state index >= 15 is 0 Å². The molecule has 2 nitrogen and oxygen atoms in total. The van der Waals surface area contributed by atoms with Gasteiger partial charge in [-0.3, -0.25) is 0 Å². The van der Waals surface area contributed by atoms with E-state index in [0.717, 1.165) is 9.13 Å². The van der Waals surface area contributed by atoms with Gasteiger partial charge < -0.3 is 4.55 Å². The van der Waals surface area contributed by atoms with Crippen molar-refractivity contribution in [3.63, 3.8) is 0 Å². The van der Waals surface area contributed by atoms with Crippen LogP contribution in [0.3, 0.4) is 0 Å². The van der Waals surface area contributed by atoms with Crippen molar-refractivity contribution in [3.8, 4) is 0 Å². The molecule has 17 heavy (non-hydrogen) atoms. The highest BCUT2D eigenvalue weighted by atomic mass is 127. The van der Waals surface area contributed by atoms with Crippen LogP contribution in [0.4, 0.5) is 4.39 Å². The van der Waals surface area contributed by atoms with Crippen molar-refractivity contribution >= 4 is 34.0 Å². The molecular formula is C12H17FINOS. The van der Waals surface area contributed by atoms with Crippen molar-refractivity contribution in [2.24, 2.45) is 0 Å². The third-order valence-electron chi connectivity index (χ3n) is 2.26. The minimum Gasteiger partial charge on any atom is -0.598 e. The molecule has 0 bridgehead atoms. The Morgan fingerprint density at radius 3 is 2.53 bits per heavy atom. The Morgan fingerprint density at radius 1 is 1.41 bits per heavy atom. The number of rotatable bonds is 3. The predicted molar refractivity (Wildman–Crippen MR) is 78.6 cm³/mol. The van der Waals surface area contributed by atoms with Crippen LogP contribution in [-0.2, 0) is 11.4 Å². The van der Waals surface area contributed by atoms with Gasteiger partial charge >= 0.3 is 0 Å². The largest absolute Gasteiger partial charge is 0.598 e. The molecule has 1 rings (SSSR count). The quantitative estimate of drug-likeness (QED) is 0.654. The van der Waals surface area contributed by atoms with Crippen molar-refractivity contribution in [2.75, 3.05) is 0 Å². The molecule has 0 spiro atoms. The van der Waals surface area contributed by atoms with Crippen molar-refractivity contribution < 1.29 is 8.94 Å². The minimum atomic E-state index is -1.16. The van der Waals surface area contributed by atoms with Crippen LogP contribution in [0.2, 0.25) is 0 Å². The first kappa shape index (κ1) is 15.2. The molecule has 0 saturated carbocycles. The van der Waals surface area contributed by atoms with E-state index < -0.39 is 11.4 Å². The molecule has 0 radical (unpaired) electrons. The smallest absolute Gasteiger partial charge is 0.136 e. The number of nitrogens with one attached hydrogen (secondary N) is 1. The molecule has 1 aromatic carbocycles. The van der Waals surface area contributed by atoms with E-state index in [-0.39, 0.29) is 16.6 Å². The maximum atomic E-state index is 13.2. The Bertz CT molecular complexity index is 395. The molecule has 1 N–H and O–H groups in total. The summed E-state index contributed by atoms with van der Waals surface area (Å²) < 4.78 is 28.8. The van der Waals surface area contributed by atoms with E-state index in [4.69, 9.17) is 0 Å². The van der Waals surface area contributed by atoms with Gasteiger partial charge in [-0.15, -0.1) is 4.72 Å². The summed E-state index contributed by atoms with van der Waals surface area (Å²) in [6.45, 7) is 7.60. The second kappa shape index (κ2) is 5.86. The van der Waals surface area contributed by atoms with Crippen LogP contribution in [0, 0.1) is 9.39 Å². The number of hydrogen-bond donors (Lipinski definition) is 1. The fraction of sp³-hybridized carbons (Fsp3) is 0.500. The average Bonchev–Trinajstić information content (AvgIpc) is 2.20. The molecule has 0 aliphatic carbocycles. The number of halogens is 2. The molecule has 5 heteroatoms. The first-order chi connectivity index (χ1) is 7.71. The summed E-state index contributed by atoms with van der Waals surface area (Å²) in [4.78, 5) is 0. The second-order valence-electron chi connectivity index (χ2n) is 4.89.